The molecule has 1 saturated carbocycles. The van der Waals surface area contributed by atoms with Crippen LogP contribution in [-0.2, 0) is 9.53 Å². The fourth-order valence-corrected chi connectivity index (χ4v) is 4.42. The molecule has 1 aliphatic carbocycles. The monoisotopic (exact) mass is 474 g/mol. The van der Waals surface area contributed by atoms with Crippen molar-refractivity contribution in [1.82, 2.24) is 24.6 Å². The predicted molar refractivity (Wildman–Crippen MR) is 119 cm³/mol. The lowest BCUT2D eigenvalue weighted by Crippen LogP contribution is -2.15. The first-order valence-electron chi connectivity index (χ1n) is 10.5. The topological polar surface area (TPSA) is 97.2 Å². The summed E-state index contributed by atoms with van der Waals surface area (Å²) in [7, 11) is 1.52. The van der Waals surface area contributed by atoms with Crippen LogP contribution in [0.3, 0.4) is 0 Å². The average molecular weight is 475 g/mol. The molecular formula is C22H21ClF2N6O2. The number of hydrogen-bond acceptors (Lipinski definition) is 5. The minimum absolute atomic E-state index is 0.00436. The highest BCUT2D eigenvalue weighted by Crippen LogP contribution is 2.42. The standard InChI is InChI=1S/C22H21ClF2N6O2/c1-9(2)21(33-3)17-19(25)18(23)16(11-5-27-30-20(11)17)13-7-31-8-14(28-15(31)6-26-13)29-22(32)10-4-12(10)24/h5-10,12,21H,4H2,1-3H3,(H,27,30)(H,29,32). The molecule has 2 N–H and O–H groups in total. The third kappa shape index (κ3) is 3.63. The van der Waals surface area contributed by atoms with Crippen molar-refractivity contribution >= 4 is 39.9 Å². The van der Waals surface area contributed by atoms with Gasteiger partial charge in [0.25, 0.3) is 0 Å². The Labute approximate surface area is 192 Å². The number of methoxy groups -OCH3 is 1. The van der Waals surface area contributed by atoms with Gasteiger partial charge in [0.15, 0.2) is 11.5 Å². The second kappa shape index (κ2) is 8.03. The number of benzene rings is 1. The zero-order chi connectivity index (χ0) is 23.4. The molecule has 3 unspecified atom stereocenters. The van der Waals surface area contributed by atoms with E-state index < -0.39 is 29.9 Å². The Balaban J connectivity index is 1.59. The van der Waals surface area contributed by atoms with Crippen LogP contribution >= 0.6 is 11.6 Å². The molecule has 0 aliphatic heterocycles. The predicted octanol–water partition coefficient (Wildman–Crippen LogP) is 4.71. The smallest absolute Gasteiger partial charge is 0.231 e. The van der Waals surface area contributed by atoms with Gasteiger partial charge >= 0.3 is 0 Å². The van der Waals surface area contributed by atoms with Gasteiger partial charge in [-0.1, -0.05) is 25.4 Å². The van der Waals surface area contributed by atoms with Gasteiger partial charge < -0.3 is 14.5 Å². The number of nitrogens with one attached hydrogen (secondary N) is 2. The van der Waals surface area contributed by atoms with E-state index in [9.17, 15) is 9.18 Å². The van der Waals surface area contributed by atoms with Crippen molar-refractivity contribution in [3.63, 3.8) is 0 Å². The maximum atomic E-state index is 15.5. The van der Waals surface area contributed by atoms with Crippen molar-refractivity contribution in [2.75, 3.05) is 12.4 Å². The molecule has 3 aromatic heterocycles. The van der Waals surface area contributed by atoms with Crippen LogP contribution in [0.5, 0.6) is 0 Å². The van der Waals surface area contributed by atoms with Gasteiger partial charge in [-0.25, -0.2) is 13.8 Å². The van der Waals surface area contributed by atoms with Crippen molar-refractivity contribution in [2.24, 2.45) is 11.8 Å². The number of hydrogen-bond donors (Lipinski definition) is 2. The number of aromatic amines is 1. The normalized spacial score (nSPS) is 18.9. The summed E-state index contributed by atoms with van der Waals surface area (Å²) in [6.45, 7) is 3.86. The van der Waals surface area contributed by atoms with Gasteiger partial charge in [0, 0.05) is 29.8 Å². The highest BCUT2D eigenvalue weighted by Gasteiger charge is 2.43. The number of nitrogens with zero attached hydrogens (tertiary/aromatic N) is 4. The molecule has 0 radical (unpaired) electrons. The molecule has 1 fully saturated rings. The number of rotatable bonds is 6. The SMILES string of the molecule is COC(c1c(F)c(Cl)c(-c2cn3cc(NC(=O)C4CC4F)nc3cn2)c2cn[nH]c12)C(C)C. The van der Waals surface area contributed by atoms with E-state index in [2.05, 4.69) is 25.5 Å². The van der Waals surface area contributed by atoms with Crippen LogP contribution in [0, 0.1) is 17.7 Å². The number of carbonyl (C=O) groups is 1. The van der Waals surface area contributed by atoms with E-state index in [0.29, 0.717) is 33.4 Å². The maximum Gasteiger partial charge on any atom is 0.231 e. The number of anilines is 1. The first-order chi connectivity index (χ1) is 15.8. The molecule has 1 aromatic carbocycles. The summed E-state index contributed by atoms with van der Waals surface area (Å²) in [6.07, 6.45) is 4.88. The highest BCUT2D eigenvalue weighted by molar-refractivity contribution is 6.35. The molecule has 1 aliphatic rings. The second-order valence-electron chi connectivity index (χ2n) is 8.49. The van der Waals surface area contributed by atoms with Crippen LogP contribution in [0.4, 0.5) is 14.6 Å². The third-order valence-electron chi connectivity index (χ3n) is 5.87. The van der Waals surface area contributed by atoms with E-state index in [0.717, 1.165) is 0 Å². The van der Waals surface area contributed by atoms with Crippen LogP contribution in [0.15, 0.2) is 24.8 Å². The lowest BCUT2D eigenvalue weighted by Gasteiger charge is -2.22. The van der Waals surface area contributed by atoms with E-state index in [1.165, 1.54) is 13.3 Å². The largest absolute Gasteiger partial charge is 0.376 e. The molecule has 33 heavy (non-hydrogen) atoms. The maximum absolute atomic E-state index is 15.5. The summed E-state index contributed by atoms with van der Waals surface area (Å²) in [5.74, 6) is -1.36. The van der Waals surface area contributed by atoms with Crippen LogP contribution in [0.25, 0.3) is 27.8 Å². The Morgan fingerprint density at radius 3 is 2.79 bits per heavy atom. The lowest BCUT2D eigenvalue weighted by molar-refractivity contribution is -0.117. The van der Waals surface area contributed by atoms with Crippen LogP contribution < -0.4 is 5.32 Å². The fourth-order valence-electron chi connectivity index (χ4n) is 4.12. The van der Waals surface area contributed by atoms with Crippen LogP contribution in [-0.4, -0.2) is 43.8 Å². The number of imidazole rings is 1. The minimum Gasteiger partial charge on any atom is -0.376 e. The van der Waals surface area contributed by atoms with Gasteiger partial charge in [0.2, 0.25) is 5.91 Å². The number of carbonyl (C=O) groups excluding carboxylic acids is 1. The van der Waals surface area contributed by atoms with Crippen LogP contribution in [0.1, 0.15) is 31.9 Å². The molecule has 11 heteroatoms. The summed E-state index contributed by atoms with van der Waals surface area (Å²) in [5, 5.41) is 10.1. The van der Waals surface area contributed by atoms with E-state index >= 15 is 4.39 Å². The summed E-state index contributed by atoms with van der Waals surface area (Å²) < 4.78 is 35.9. The number of amides is 1. The minimum atomic E-state index is -1.10. The van der Waals surface area contributed by atoms with E-state index in [1.807, 2.05) is 13.8 Å². The molecule has 0 bridgehead atoms. The molecule has 0 spiro atoms. The molecule has 4 aromatic rings. The summed E-state index contributed by atoms with van der Waals surface area (Å²) in [5.41, 5.74) is 2.02. The number of alkyl halides is 1. The van der Waals surface area contributed by atoms with Gasteiger partial charge in [-0.05, 0) is 12.3 Å². The van der Waals surface area contributed by atoms with Crippen molar-refractivity contribution in [3.8, 4) is 11.3 Å². The first-order valence-corrected chi connectivity index (χ1v) is 10.8. The van der Waals surface area contributed by atoms with Gasteiger partial charge in [-0.3, -0.25) is 14.9 Å². The molecule has 5 rings (SSSR count). The number of aromatic nitrogens is 5. The Morgan fingerprint density at radius 1 is 1.36 bits per heavy atom. The summed E-state index contributed by atoms with van der Waals surface area (Å²) in [6, 6.07) is 0. The Morgan fingerprint density at radius 2 is 2.12 bits per heavy atom. The molecular weight excluding hydrogens is 454 g/mol. The molecule has 172 valence electrons. The Kier molecular flexibility index (Phi) is 5.29. The van der Waals surface area contributed by atoms with Gasteiger partial charge in [-0.2, -0.15) is 5.10 Å². The average Bonchev–Trinajstić information content (AvgIpc) is 3.15. The van der Waals surface area contributed by atoms with Crippen molar-refractivity contribution in [3.05, 3.63) is 41.2 Å². The molecule has 3 heterocycles. The summed E-state index contributed by atoms with van der Waals surface area (Å²) in [4.78, 5) is 20.7. The Bertz CT molecular complexity index is 1380. The second-order valence-corrected chi connectivity index (χ2v) is 8.87. The van der Waals surface area contributed by atoms with Gasteiger partial charge in [0.05, 0.1) is 46.8 Å². The van der Waals surface area contributed by atoms with Crippen molar-refractivity contribution < 1.29 is 18.3 Å². The molecule has 8 nitrogen and oxygen atoms in total. The third-order valence-corrected chi connectivity index (χ3v) is 6.22. The lowest BCUT2D eigenvalue weighted by atomic mass is 9.93. The van der Waals surface area contributed by atoms with E-state index in [-0.39, 0.29) is 23.2 Å². The van der Waals surface area contributed by atoms with Crippen molar-refractivity contribution in [1.29, 1.82) is 0 Å². The Hall–Kier alpha value is -3.11. The zero-order valence-corrected chi connectivity index (χ0v) is 18.8. The number of halogens is 3. The van der Waals surface area contributed by atoms with Crippen molar-refractivity contribution in [2.45, 2.75) is 32.5 Å². The number of ether oxygens (including phenoxy) is 1. The van der Waals surface area contributed by atoms with E-state index in [4.69, 9.17) is 16.3 Å². The number of fused-ring (bicyclic) bond motifs is 2. The summed E-state index contributed by atoms with van der Waals surface area (Å²) >= 11 is 6.53. The van der Waals surface area contributed by atoms with Crippen LogP contribution in [0.2, 0.25) is 5.02 Å². The first kappa shape index (κ1) is 21.7. The number of H-pyrrole nitrogens is 1. The van der Waals surface area contributed by atoms with E-state index in [1.54, 1.807) is 23.0 Å². The fraction of sp³-hybridized carbons (Fsp3) is 0.364. The molecule has 3 atom stereocenters. The highest BCUT2D eigenvalue weighted by atomic mass is 35.5. The zero-order valence-electron chi connectivity index (χ0n) is 18.1. The quantitative estimate of drug-likeness (QED) is 0.422. The van der Waals surface area contributed by atoms with Gasteiger partial charge in [-0.15, -0.1) is 0 Å². The van der Waals surface area contributed by atoms with Gasteiger partial charge in [0.1, 0.15) is 12.0 Å². The molecule has 0 saturated heterocycles. The molecule has 1 amide bonds.